The molecule has 126 valence electrons. The maximum absolute atomic E-state index is 4.74. The predicted octanol–water partition coefficient (Wildman–Crippen LogP) is 3.90. The lowest BCUT2D eigenvalue weighted by Crippen LogP contribution is -2.29. The van der Waals surface area contributed by atoms with Crippen molar-refractivity contribution in [1.82, 2.24) is 10.2 Å². The average molecular weight is 329 g/mol. The van der Waals surface area contributed by atoms with Crippen molar-refractivity contribution < 1.29 is 0 Å². The van der Waals surface area contributed by atoms with E-state index in [9.17, 15) is 0 Å². The highest BCUT2D eigenvalue weighted by atomic mass is 15.2. The van der Waals surface area contributed by atoms with Crippen LogP contribution < -0.4 is 5.32 Å². The minimum Gasteiger partial charge on any atom is -0.366 e. The summed E-state index contributed by atoms with van der Waals surface area (Å²) in [6.07, 6.45) is 0.996. The van der Waals surface area contributed by atoms with Crippen LogP contribution in [0.15, 0.2) is 89.1 Å². The van der Waals surface area contributed by atoms with E-state index in [0.717, 1.165) is 44.1 Å². The minimum atomic E-state index is 0.807. The maximum atomic E-state index is 4.74. The van der Waals surface area contributed by atoms with E-state index in [-0.39, 0.29) is 0 Å². The molecule has 0 bridgehead atoms. The number of hydrogen-bond donors (Lipinski definition) is 1. The molecule has 3 heteroatoms. The topological polar surface area (TPSA) is 27.6 Å². The van der Waals surface area contributed by atoms with Gasteiger partial charge < -0.3 is 10.2 Å². The fourth-order valence-electron chi connectivity index (χ4n) is 3.53. The van der Waals surface area contributed by atoms with Gasteiger partial charge in [0.2, 0.25) is 0 Å². The van der Waals surface area contributed by atoms with E-state index in [4.69, 9.17) is 4.99 Å². The minimum absolute atomic E-state index is 0.807. The quantitative estimate of drug-likeness (QED) is 0.921. The van der Waals surface area contributed by atoms with Gasteiger partial charge in [-0.3, -0.25) is 4.99 Å². The second-order valence-electron chi connectivity index (χ2n) is 6.56. The third-order valence-electron chi connectivity index (χ3n) is 4.88. The van der Waals surface area contributed by atoms with Gasteiger partial charge in [-0.25, -0.2) is 0 Å². The van der Waals surface area contributed by atoms with Crippen LogP contribution in [0.4, 0.5) is 0 Å². The van der Waals surface area contributed by atoms with Crippen molar-refractivity contribution in [2.24, 2.45) is 4.99 Å². The smallest absolute Gasteiger partial charge is 0.126 e. The van der Waals surface area contributed by atoms with Crippen molar-refractivity contribution >= 4 is 5.84 Å². The number of dihydropyridines is 1. The van der Waals surface area contributed by atoms with Crippen LogP contribution in [0.5, 0.6) is 0 Å². The number of hydrogen-bond acceptors (Lipinski definition) is 3. The summed E-state index contributed by atoms with van der Waals surface area (Å²) in [4.78, 5) is 7.11. The van der Waals surface area contributed by atoms with Gasteiger partial charge in [-0.05, 0) is 23.1 Å². The monoisotopic (exact) mass is 329 g/mol. The van der Waals surface area contributed by atoms with Crippen molar-refractivity contribution in [3.05, 3.63) is 95.2 Å². The van der Waals surface area contributed by atoms with Crippen LogP contribution in [0.3, 0.4) is 0 Å². The molecule has 0 fully saturated rings. The Morgan fingerprint density at radius 2 is 1.60 bits per heavy atom. The second-order valence-corrected chi connectivity index (χ2v) is 6.56. The summed E-state index contributed by atoms with van der Waals surface area (Å²) in [5.41, 5.74) is 6.45. The van der Waals surface area contributed by atoms with Crippen LogP contribution in [0, 0.1) is 0 Å². The summed E-state index contributed by atoms with van der Waals surface area (Å²) in [5.74, 6) is 1.04. The van der Waals surface area contributed by atoms with Crippen LogP contribution in [0.1, 0.15) is 17.5 Å². The average Bonchev–Trinajstić information content (AvgIpc) is 2.98. The van der Waals surface area contributed by atoms with Gasteiger partial charge in [-0.1, -0.05) is 67.2 Å². The van der Waals surface area contributed by atoms with Crippen molar-refractivity contribution in [2.45, 2.75) is 19.5 Å². The molecule has 2 aliphatic rings. The van der Waals surface area contributed by atoms with Crippen molar-refractivity contribution in [3.8, 4) is 0 Å². The van der Waals surface area contributed by atoms with E-state index in [1.54, 1.807) is 0 Å². The number of nitrogens with one attached hydrogen (secondary N) is 1. The van der Waals surface area contributed by atoms with Crippen LogP contribution in [0.2, 0.25) is 0 Å². The molecule has 3 nitrogen and oxygen atoms in total. The summed E-state index contributed by atoms with van der Waals surface area (Å²) >= 11 is 0. The number of aliphatic imine (C=N–C) groups is 1. The summed E-state index contributed by atoms with van der Waals surface area (Å²) in [5, 5.41) is 3.54. The molecule has 4 rings (SSSR count). The molecule has 0 saturated carbocycles. The first-order chi connectivity index (χ1) is 12.3. The molecule has 0 atom stereocenters. The summed E-state index contributed by atoms with van der Waals surface area (Å²) < 4.78 is 0. The van der Waals surface area contributed by atoms with Gasteiger partial charge in [0, 0.05) is 37.4 Å². The van der Waals surface area contributed by atoms with Crippen molar-refractivity contribution in [2.75, 3.05) is 13.1 Å². The molecule has 0 radical (unpaired) electrons. The van der Waals surface area contributed by atoms with E-state index >= 15 is 0 Å². The highest BCUT2D eigenvalue weighted by Gasteiger charge is 2.29. The van der Waals surface area contributed by atoms with Crippen LogP contribution in [0.25, 0.3) is 0 Å². The first-order valence-corrected chi connectivity index (χ1v) is 8.84. The number of allylic oxidation sites excluding steroid dienone is 1. The summed E-state index contributed by atoms with van der Waals surface area (Å²) in [6.45, 7) is 7.80. The lowest BCUT2D eigenvalue weighted by molar-refractivity contribution is 0.396. The van der Waals surface area contributed by atoms with Crippen molar-refractivity contribution in [1.29, 1.82) is 0 Å². The second kappa shape index (κ2) is 6.98. The highest BCUT2D eigenvalue weighted by Crippen LogP contribution is 2.33. The third-order valence-corrected chi connectivity index (χ3v) is 4.88. The summed E-state index contributed by atoms with van der Waals surface area (Å²) in [7, 11) is 0. The molecule has 0 amide bonds. The third kappa shape index (κ3) is 3.36. The Balaban J connectivity index is 1.46. The lowest BCUT2D eigenvalue weighted by Gasteiger charge is -2.20. The Hall–Kier alpha value is -2.81. The van der Waals surface area contributed by atoms with Crippen molar-refractivity contribution in [3.63, 3.8) is 0 Å². The van der Waals surface area contributed by atoms with Gasteiger partial charge in [0.1, 0.15) is 5.84 Å². The van der Waals surface area contributed by atoms with E-state index < -0.39 is 0 Å². The number of rotatable bonds is 4. The van der Waals surface area contributed by atoms with Crippen LogP contribution >= 0.6 is 0 Å². The van der Waals surface area contributed by atoms with Crippen LogP contribution in [-0.2, 0) is 13.1 Å². The molecule has 2 heterocycles. The zero-order valence-electron chi connectivity index (χ0n) is 14.4. The largest absolute Gasteiger partial charge is 0.366 e. The van der Waals surface area contributed by atoms with E-state index in [1.165, 1.54) is 22.3 Å². The molecule has 0 unspecified atom stereocenters. The molecule has 2 aromatic rings. The Kier molecular flexibility index (Phi) is 4.38. The molecule has 0 aromatic heterocycles. The fourth-order valence-corrected chi connectivity index (χ4v) is 3.53. The number of benzene rings is 2. The van der Waals surface area contributed by atoms with Crippen LogP contribution in [-0.4, -0.2) is 23.8 Å². The molecule has 2 aromatic carbocycles. The Bertz CT molecular complexity index is 819. The zero-order chi connectivity index (χ0) is 17.1. The molecule has 25 heavy (non-hydrogen) atoms. The van der Waals surface area contributed by atoms with E-state index in [2.05, 4.69) is 71.4 Å². The number of nitrogens with zero attached hydrogens (tertiary/aromatic N) is 2. The van der Waals surface area contributed by atoms with Gasteiger partial charge in [0.05, 0.1) is 0 Å². The molecule has 0 aliphatic carbocycles. The molecule has 0 spiro atoms. The van der Waals surface area contributed by atoms with Gasteiger partial charge in [0.15, 0.2) is 0 Å². The Morgan fingerprint density at radius 3 is 2.32 bits per heavy atom. The van der Waals surface area contributed by atoms with Gasteiger partial charge in [-0.2, -0.15) is 0 Å². The zero-order valence-corrected chi connectivity index (χ0v) is 14.4. The molecule has 1 N–H and O–H groups in total. The number of amidine groups is 1. The SMILES string of the molecule is C=C1C2=C(CN1Cc1ccccc1)C(NCc1ccccc1)=NCC2. The van der Waals surface area contributed by atoms with Gasteiger partial charge >= 0.3 is 0 Å². The maximum Gasteiger partial charge on any atom is 0.126 e. The molecular formula is C22H23N3. The van der Waals surface area contributed by atoms with E-state index in [1.807, 2.05) is 6.07 Å². The Labute approximate surface area is 149 Å². The predicted molar refractivity (Wildman–Crippen MR) is 103 cm³/mol. The fraction of sp³-hybridized carbons (Fsp3) is 0.227. The first kappa shape index (κ1) is 15.7. The molecular weight excluding hydrogens is 306 g/mol. The normalized spacial score (nSPS) is 16.7. The summed E-state index contributed by atoms with van der Waals surface area (Å²) in [6, 6.07) is 21.1. The van der Waals surface area contributed by atoms with Gasteiger partial charge in [0.25, 0.3) is 0 Å². The highest BCUT2D eigenvalue weighted by molar-refractivity contribution is 6.01. The van der Waals surface area contributed by atoms with E-state index in [0.29, 0.717) is 0 Å². The molecule has 2 aliphatic heterocycles. The Morgan fingerprint density at radius 1 is 0.920 bits per heavy atom. The first-order valence-electron chi connectivity index (χ1n) is 8.84. The lowest BCUT2D eigenvalue weighted by atomic mass is 10.0. The molecule has 0 saturated heterocycles. The standard InChI is InChI=1S/C22H23N3/c1-17-20-12-13-23-22(24-14-18-8-4-2-5-9-18)21(20)16-25(17)15-19-10-6-3-7-11-19/h2-11H,1,12-16H2,(H,23,24). The van der Waals surface area contributed by atoms with Gasteiger partial charge in [-0.15, -0.1) is 0 Å².